The molecule has 0 spiro atoms. The van der Waals surface area contributed by atoms with Gasteiger partial charge in [0.05, 0.1) is 12.8 Å². The molecule has 1 N–H and O–H groups in total. The molecule has 0 aliphatic heterocycles. The van der Waals surface area contributed by atoms with Gasteiger partial charge < -0.3 is 4.74 Å². The van der Waals surface area contributed by atoms with Crippen molar-refractivity contribution in [2.75, 3.05) is 7.11 Å². The Morgan fingerprint density at radius 2 is 2.33 bits per heavy atom. The molecule has 0 saturated carbocycles. The number of halogens is 1. The molecule has 0 atom stereocenters. The molecule has 1 rings (SSSR count). The Morgan fingerprint density at radius 3 is 2.56 bits per heavy atom. The van der Waals surface area contributed by atoms with Gasteiger partial charge in [0.1, 0.15) is 0 Å². The van der Waals surface area contributed by atoms with Gasteiger partial charge in [0.2, 0.25) is 0 Å². The van der Waals surface area contributed by atoms with Gasteiger partial charge in [-0.3, -0.25) is 5.10 Å². The Morgan fingerprint density at radius 1 is 1.67 bits per heavy atom. The highest BCUT2D eigenvalue weighted by molar-refractivity contribution is 5.23. The normalized spacial score (nSPS) is 9.67. The molecule has 0 aliphatic carbocycles. The van der Waals surface area contributed by atoms with Crippen LogP contribution >= 0.6 is 0 Å². The van der Waals surface area contributed by atoms with Gasteiger partial charge in [0.15, 0.2) is 5.75 Å². The summed E-state index contributed by atoms with van der Waals surface area (Å²) < 4.78 is 17.0. The van der Waals surface area contributed by atoms with E-state index in [1.54, 1.807) is 6.92 Å². The van der Waals surface area contributed by atoms with Crippen molar-refractivity contribution < 1.29 is 9.13 Å². The van der Waals surface area contributed by atoms with Crippen LogP contribution in [-0.2, 0) is 0 Å². The number of nitrogens with one attached hydrogen (secondary N) is 1. The molecule has 0 aromatic carbocycles. The minimum Gasteiger partial charge on any atom is -0.490 e. The first-order chi connectivity index (χ1) is 4.25. The maximum absolute atomic E-state index is 12.3. The van der Waals surface area contributed by atoms with Crippen molar-refractivity contribution in [3.63, 3.8) is 0 Å². The lowest BCUT2D eigenvalue weighted by molar-refractivity contribution is 0.381. The van der Waals surface area contributed by atoms with E-state index in [9.17, 15) is 4.39 Å². The first-order valence-corrected chi connectivity index (χ1v) is 2.50. The van der Waals surface area contributed by atoms with Crippen LogP contribution in [0.15, 0.2) is 0 Å². The Labute approximate surface area is 51.8 Å². The number of nitrogens with zero attached hydrogens (tertiary/aromatic N) is 1. The Hall–Kier alpha value is -1.06. The van der Waals surface area contributed by atoms with E-state index in [1.807, 2.05) is 0 Å². The van der Waals surface area contributed by atoms with Gasteiger partial charge in [-0.2, -0.15) is 4.39 Å². The number of methoxy groups -OCH3 is 1. The number of aromatic amines is 1. The highest BCUT2D eigenvalue weighted by Crippen LogP contribution is 2.16. The molecule has 0 unspecified atom stereocenters. The van der Waals surface area contributed by atoms with Crippen LogP contribution in [0.1, 0.15) is 5.69 Å². The standard InChI is InChI=1S/C5H7FN2O/c1-3-4(9-2)5(6)8-7-3/h1-2H3,(H,7,8). The minimum absolute atomic E-state index is 0.190. The van der Waals surface area contributed by atoms with Gasteiger partial charge >= 0.3 is 0 Å². The van der Waals surface area contributed by atoms with E-state index in [1.165, 1.54) is 7.11 Å². The molecule has 1 aromatic rings. The number of ether oxygens (including phenoxy) is 1. The average Bonchev–Trinajstić information content (AvgIpc) is 2.12. The van der Waals surface area contributed by atoms with Crippen LogP contribution in [0.25, 0.3) is 0 Å². The lowest BCUT2D eigenvalue weighted by Gasteiger charge is -1.92. The van der Waals surface area contributed by atoms with Crippen LogP contribution in [0, 0.1) is 12.9 Å². The van der Waals surface area contributed by atoms with Crippen molar-refractivity contribution in [3.05, 3.63) is 11.6 Å². The summed E-state index contributed by atoms with van der Waals surface area (Å²) in [6.07, 6.45) is 0. The molecule has 3 nitrogen and oxygen atoms in total. The summed E-state index contributed by atoms with van der Waals surface area (Å²) in [6.45, 7) is 1.69. The van der Waals surface area contributed by atoms with Gasteiger partial charge in [-0.1, -0.05) is 0 Å². The first kappa shape index (κ1) is 6.07. The van der Waals surface area contributed by atoms with Gasteiger partial charge in [-0.15, -0.1) is 5.10 Å². The number of aromatic nitrogens is 2. The number of hydrogen-bond donors (Lipinski definition) is 1. The predicted octanol–water partition coefficient (Wildman–Crippen LogP) is 0.866. The zero-order valence-electron chi connectivity index (χ0n) is 5.23. The van der Waals surface area contributed by atoms with E-state index in [-0.39, 0.29) is 5.75 Å². The fourth-order valence-electron chi connectivity index (χ4n) is 0.627. The molecule has 4 heteroatoms. The lowest BCUT2D eigenvalue weighted by Crippen LogP contribution is -1.84. The highest BCUT2D eigenvalue weighted by Gasteiger charge is 2.07. The van der Waals surface area contributed by atoms with Crippen LogP contribution in [0.3, 0.4) is 0 Å². The van der Waals surface area contributed by atoms with E-state index >= 15 is 0 Å². The SMILES string of the molecule is COc1c(F)n[nH]c1C. The largest absolute Gasteiger partial charge is 0.490 e. The van der Waals surface area contributed by atoms with Crippen molar-refractivity contribution in [2.24, 2.45) is 0 Å². The van der Waals surface area contributed by atoms with Gasteiger partial charge in [0, 0.05) is 0 Å². The molecule has 0 aliphatic rings. The maximum Gasteiger partial charge on any atom is 0.274 e. The molecule has 0 radical (unpaired) electrons. The molecule has 0 amide bonds. The third-order valence-corrected chi connectivity index (χ3v) is 1.05. The van der Waals surface area contributed by atoms with E-state index in [4.69, 9.17) is 0 Å². The van der Waals surface area contributed by atoms with Crippen molar-refractivity contribution in [3.8, 4) is 5.75 Å². The first-order valence-electron chi connectivity index (χ1n) is 2.50. The Balaban J connectivity index is 3.07. The number of aryl methyl sites for hydroxylation is 1. The fraction of sp³-hybridized carbons (Fsp3) is 0.400. The molecule has 50 valence electrons. The van der Waals surface area contributed by atoms with Gasteiger partial charge in [-0.05, 0) is 6.92 Å². The summed E-state index contributed by atoms with van der Waals surface area (Å²) in [5, 5.41) is 5.71. The molecular formula is C5H7FN2O. The zero-order valence-corrected chi connectivity index (χ0v) is 5.23. The number of rotatable bonds is 1. The summed E-state index contributed by atoms with van der Waals surface area (Å²) in [5.74, 6) is -0.398. The van der Waals surface area contributed by atoms with Gasteiger partial charge in [-0.25, -0.2) is 0 Å². The molecule has 1 heterocycles. The average molecular weight is 130 g/mol. The van der Waals surface area contributed by atoms with Crippen LogP contribution in [0.4, 0.5) is 4.39 Å². The second-order valence-electron chi connectivity index (χ2n) is 1.67. The third kappa shape index (κ3) is 0.872. The summed E-state index contributed by atoms with van der Waals surface area (Å²) >= 11 is 0. The highest BCUT2D eigenvalue weighted by atomic mass is 19.1. The lowest BCUT2D eigenvalue weighted by atomic mass is 10.4. The van der Waals surface area contributed by atoms with E-state index < -0.39 is 5.95 Å². The quantitative estimate of drug-likeness (QED) is 0.612. The maximum atomic E-state index is 12.3. The summed E-state index contributed by atoms with van der Waals surface area (Å²) in [6, 6.07) is 0. The summed E-state index contributed by atoms with van der Waals surface area (Å²) in [7, 11) is 1.40. The second-order valence-corrected chi connectivity index (χ2v) is 1.67. The van der Waals surface area contributed by atoms with Crippen molar-refractivity contribution in [2.45, 2.75) is 6.92 Å². The monoisotopic (exact) mass is 130 g/mol. The smallest absolute Gasteiger partial charge is 0.274 e. The molecule has 1 aromatic heterocycles. The molecule has 9 heavy (non-hydrogen) atoms. The number of H-pyrrole nitrogens is 1. The van der Waals surface area contributed by atoms with Gasteiger partial charge in [0.25, 0.3) is 5.95 Å². The number of hydrogen-bond acceptors (Lipinski definition) is 2. The van der Waals surface area contributed by atoms with E-state index in [0.717, 1.165) is 0 Å². The van der Waals surface area contributed by atoms with Crippen molar-refractivity contribution in [1.82, 2.24) is 10.2 Å². The summed E-state index contributed by atoms with van der Waals surface area (Å²) in [5.41, 5.74) is 0.606. The molecular weight excluding hydrogens is 123 g/mol. The van der Waals surface area contributed by atoms with Crippen LogP contribution in [0.2, 0.25) is 0 Å². The predicted molar refractivity (Wildman–Crippen MR) is 29.8 cm³/mol. The third-order valence-electron chi connectivity index (χ3n) is 1.05. The molecule has 0 saturated heterocycles. The topological polar surface area (TPSA) is 37.9 Å². The minimum atomic E-state index is -0.588. The second kappa shape index (κ2) is 2.05. The van der Waals surface area contributed by atoms with E-state index in [2.05, 4.69) is 14.9 Å². The van der Waals surface area contributed by atoms with Crippen LogP contribution in [-0.4, -0.2) is 17.3 Å². The van der Waals surface area contributed by atoms with Crippen LogP contribution < -0.4 is 4.74 Å². The zero-order chi connectivity index (χ0) is 6.85. The van der Waals surface area contributed by atoms with Crippen molar-refractivity contribution in [1.29, 1.82) is 0 Å². The van der Waals surface area contributed by atoms with E-state index in [0.29, 0.717) is 5.69 Å². The fourth-order valence-corrected chi connectivity index (χ4v) is 0.627. The Bertz CT molecular complexity index is 189. The summed E-state index contributed by atoms with van der Waals surface area (Å²) in [4.78, 5) is 0. The Kier molecular flexibility index (Phi) is 1.38. The molecule has 0 bridgehead atoms. The van der Waals surface area contributed by atoms with Crippen LogP contribution in [0.5, 0.6) is 5.75 Å². The van der Waals surface area contributed by atoms with Crippen molar-refractivity contribution >= 4 is 0 Å². The molecule has 0 fully saturated rings.